The number of rotatable bonds is 7. The van der Waals surface area contributed by atoms with Crippen LogP contribution in [0.3, 0.4) is 0 Å². The molecule has 0 unspecified atom stereocenters. The van der Waals surface area contributed by atoms with Crippen LogP contribution >= 0.6 is 11.3 Å². The van der Waals surface area contributed by atoms with Crippen molar-refractivity contribution in [1.82, 2.24) is 14.2 Å². The zero-order valence-electron chi connectivity index (χ0n) is 20.1. The Kier molecular flexibility index (Phi) is 7.36. The van der Waals surface area contributed by atoms with Crippen LogP contribution in [-0.4, -0.2) is 77.2 Å². The first-order valence-corrected chi connectivity index (χ1v) is 14.9. The van der Waals surface area contributed by atoms with Gasteiger partial charge in [-0.1, -0.05) is 12.1 Å². The quantitative estimate of drug-likeness (QED) is 0.481. The molecule has 0 radical (unpaired) electrons. The highest BCUT2D eigenvalue weighted by Gasteiger charge is 2.26. The number of benzene rings is 2. The van der Waals surface area contributed by atoms with Crippen molar-refractivity contribution in [2.75, 3.05) is 49.9 Å². The number of piperazine rings is 1. The van der Waals surface area contributed by atoms with Crippen LogP contribution in [0.15, 0.2) is 63.8 Å². The molecule has 10 nitrogen and oxygen atoms in total. The van der Waals surface area contributed by atoms with Crippen LogP contribution in [0.25, 0.3) is 0 Å². The number of hydrogen-bond donors (Lipinski definition) is 1. The SMILES string of the molecule is Cc1ncsc1C(=O)N1CCN(c2ccccc2NS(=O)(=O)c2ccc(S(=O)(=O)N(C)C)cc2)CC1. The van der Waals surface area contributed by atoms with Gasteiger partial charge >= 0.3 is 0 Å². The summed E-state index contributed by atoms with van der Waals surface area (Å²) in [5.41, 5.74) is 3.49. The smallest absolute Gasteiger partial charge is 0.265 e. The van der Waals surface area contributed by atoms with Gasteiger partial charge in [-0.3, -0.25) is 9.52 Å². The average molecular weight is 550 g/mol. The van der Waals surface area contributed by atoms with Crippen LogP contribution in [-0.2, 0) is 20.0 Å². The molecule has 1 amide bonds. The molecular weight excluding hydrogens is 522 g/mol. The Balaban J connectivity index is 1.49. The second kappa shape index (κ2) is 10.2. The molecule has 1 aliphatic heterocycles. The Bertz CT molecular complexity index is 1460. The Morgan fingerprint density at radius 3 is 2.14 bits per heavy atom. The average Bonchev–Trinajstić information content (AvgIpc) is 3.29. The van der Waals surface area contributed by atoms with Crippen molar-refractivity contribution < 1.29 is 21.6 Å². The van der Waals surface area contributed by atoms with Crippen LogP contribution in [0.4, 0.5) is 11.4 Å². The van der Waals surface area contributed by atoms with Crippen LogP contribution < -0.4 is 9.62 Å². The number of aryl methyl sites for hydroxylation is 1. The molecule has 0 saturated carbocycles. The van der Waals surface area contributed by atoms with Crippen molar-refractivity contribution in [3.05, 3.63) is 64.6 Å². The molecule has 0 spiro atoms. The standard InChI is InChI=1S/C23H27N5O5S3/c1-17-22(34-16-24-17)23(29)28-14-12-27(13-15-28)21-7-5-4-6-20(21)25-35(30,31)18-8-10-19(11-9-18)36(32,33)26(2)3/h4-11,16,25H,12-15H2,1-3H3. The van der Waals surface area contributed by atoms with E-state index in [9.17, 15) is 21.6 Å². The van der Waals surface area contributed by atoms with Gasteiger partial charge in [0.25, 0.3) is 15.9 Å². The lowest BCUT2D eigenvalue weighted by Crippen LogP contribution is -2.49. The number of nitrogens with one attached hydrogen (secondary N) is 1. The fraction of sp³-hybridized carbons (Fsp3) is 0.304. The van der Waals surface area contributed by atoms with Gasteiger partial charge in [0.2, 0.25) is 10.0 Å². The van der Waals surface area contributed by atoms with Crippen LogP contribution in [0.2, 0.25) is 0 Å². The minimum absolute atomic E-state index is 0.00721. The van der Waals surface area contributed by atoms with Crippen molar-refractivity contribution in [1.29, 1.82) is 0 Å². The third-order valence-corrected chi connectivity index (χ3v) is 10.0. The Labute approximate surface area is 215 Å². The summed E-state index contributed by atoms with van der Waals surface area (Å²) in [5, 5.41) is 0. The monoisotopic (exact) mass is 549 g/mol. The van der Waals surface area contributed by atoms with E-state index < -0.39 is 20.0 Å². The van der Waals surface area contributed by atoms with Gasteiger partial charge in [0, 0.05) is 40.3 Å². The number of para-hydroxylation sites is 2. The van der Waals surface area contributed by atoms with Gasteiger partial charge in [0.1, 0.15) is 4.88 Å². The summed E-state index contributed by atoms with van der Waals surface area (Å²) in [4.78, 5) is 21.4. The Hall–Kier alpha value is -3.00. The predicted molar refractivity (Wildman–Crippen MR) is 140 cm³/mol. The minimum atomic E-state index is -3.97. The molecule has 0 bridgehead atoms. The van der Waals surface area contributed by atoms with Gasteiger partial charge in [-0.2, -0.15) is 0 Å². The highest BCUT2D eigenvalue weighted by atomic mass is 32.2. The van der Waals surface area contributed by atoms with E-state index >= 15 is 0 Å². The van der Waals surface area contributed by atoms with Gasteiger partial charge in [-0.15, -0.1) is 11.3 Å². The van der Waals surface area contributed by atoms with Gasteiger partial charge < -0.3 is 9.80 Å². The van der Waals surface area contributed by atoms with Crippen molar-refractivity contribution in [2.45, 2.75) is 16.7 Å². The molecule has 1 saturated heterocycles. The normalized spacial score (nSPS) is 14.8. The lowest BCUT2D eigenvalue weighted by molar-refractivity contribution is 0.0750. The highest BCUT2D eigenvalue weighted by molar-refractivity contribution is 7.92. The number of anilines is 2. The van der Waals surface area contributed by atoms with Crippen LogP contribution in [0.5, 0.6) is 0 Å². The molecule has 1 fully saturated rings. The van der Waals surface area contributed by atoms with E-state index in [1.165, 1.54) is 49.7 Å². The molecule has 0 aliphatic carbocycles. The molecule has 3 aromatic rings. The van der Waals surface area contributed by atoms with Crippen LogP contribution in [0.1, 0.15) is 15.4 Å². The maximum Gasteiger partial charge on any atom is 0.265 e. The maximum absolute atomic E-state index is 13.1. The zero-order valence-corrected chi connectivity index (χ0v) is 22.5. The first-order valence-electron chi connectivity index (χ1n) is 11.1. The molecule has 0 atom stereocenters. The number of hydrogen-bond acceptors (Lipinski definition) is 8. The number of sulfonamides is 2. The second-order valence-electron chi connectivity index (χ2n) is 8.43. The minimum Gasteiger partial charge on any atom is -0.366 e. The summed E-state index contributed by atoms with van der Waals surface area (Å²) < 4.78 is 54.4. The number of thiazole rings is 1. The number of carbonyl (C=O) groups excluding carboxylic acids is 1. The molecule has 13 heteroatoms. The summed E-state index contributed by atoms with van der Waals surface area (Å²) in [5.74, 6) is -0.0386. The molecule has 4 rings (SSSR count). The van der Waals surface area contributed by atoms with Crippen molar-refractivity contribution in [2.24, 2.45) is 0 Å². The lowest BCUT2D eigenvalue weighted by Gasteiger charge is -2.36. The van der Waals surface area contributed by atoms with Crippen molar-refractivity contribution in [3.8, 4) is 0 Å². The van der Waals surface area contributed by atoms with Gasteiger partial charge in [-0.25, -0.2) is 26.1 Å². The van der Waals surface area contributed by atoms with E-state index in [1.807, 2.05) is 24.0 Å². The topological polar surface area (TPSA) is 120 Å². The fourth-order valence-corrected chi connectivity index (χ4v) is 6.59. The summed E-state index contributed by atoms with van der Waals surface area (Å²) in [6, 6.07) is 12.2. The predicted octanol–water partition coefficient (Wildman–Crippen LogP) is 2.47. The largest absolute Gasteiger partial charge is 0.366 e. The van der Waals surface area contributed by atoms with Gasteiger partial charge in [0.15, 0.2) is 0 Å². The van der Waals surface area contributed by atoms with E-state index in [1.54, 1.807) is 22.5 Å². The fourth-order valence-electron chi connectivity index (χ4n) is 3.84. The number of amides is 1. The molecule has 1 aromatic heterocycles. The molecule has 36 heavy (non-hydrogen) atoms. The lowest BCUT2D eigenvalue weighted by atomic mass is 10.2. The third-order valence-electron chi connectivity index (χ3n) is 5.91. The summed E-state index contributed by atoms with van der Waals surface area (Å²) in [7, 11) is -4.81. The van der Waals surface area contributed by atoms with E-state index in [2.05, 4.69) is 9.71 Å². The number of aromatic nitrogens is 1. The second-order valence-corrected chi connectivity index (χ2v) is 13.1. The summed E-state index contributed by atoms with van der Waals surface area (Å²) in [6.07, 6.45) is 0. The molecule has 1 N–H and O–H groups in total. The van der Waals surface area contributed by atoms with Crippen molar-refractivity contribution in [3.63, 3.8) is 0 Å². The first-order chi connectivity index (χ1) is 17.0. The van der Waals surface area contributed by atoms with E-state index in [-0.39, 0.29) is 15.7 Å². The van der Waals surface area contributed by atoms with Gasteiger partial charge in [0.05, 0.1) is 32.4 Å². The van der Waals surface area contributed by atoms with Gasteiger partial charge in [-0.05, 0) is 43.3 Å². The molecule has 2 aromatic carbocycles. The molecular formula is C23H27N5O5S3. The molecule has 192 valence electrons. The van der Waals surface area contributed by atoms with Crippen LogP contribution in [0, 0.1) is 6.92 Å². The third kappa shape index (κ3) is 5.24. The Morgan fingerprint density at radius 2 is 1.56 bits per heavy atom. The van der Waals surface area contributed by atoms with E-state index in [4.69, 9.17) is 0 Å². The summed E-state index contributed by atoms with van der Waals surface area (Å²) >= 11 is 1.33. The zero-order chi connectivity index (χ0) is 26.1. The first kappa shape index (κ1) is 26.1. The summed E-state index contributed by atoms with van der Waals surface area (Å²) in [6.45, 7) is 3.90. The number of nitrogens with zero attached hydrogens (tertiary/aromatic N) is 4. The van der Waals surface area contributed by atoms with E-state index in [0.29, 0.717) is 42.4 Å². The van der Waals surface area contributed by atoms with E-state index in [0.717, 1.165) is 10.00 Å². The number of carbonyl (C=O) groups is 1. The van der Waals surface area contributed by atoms with Crippen molar-refractivity contribution >= 4 is 48.7 Å². The maximum atomic E-state index is 13.1. The molecule has 1 aliphatic rings. The Morgan fingerprint density at radius 1 is 0.944 bits per heavy atom. The molecule has 2 heterocycles. The highest BCUT2D eigenvalue weighted by Crippen LogP contribution is 2.29.